The summed E-state index contributed by atoms with van der Waals surface area (Å²) >= 11 is 6.08. The monoisotopic (exact) mass is 262 g/mol. The number of carbonyl (C=O) groups excluding carboxylic acids is 1. The van der Waals surface area contributed by atoms with Gasteiger partial charge in [-0.2, -0.15) is 0 Å². The molecule has 0 spiro atoms. The first kappa shape index (κ1) is 12.8. The van der Waals surface area contributed by atoms with Gasteiger partial charge < -0.3 is 5.32 Å². The van der Waals surface area contributed by atoms with E-state index in [-0.39, 0.29) is 5.91 Å². The van der Waals surface area contributed by atoms with Crippen molar-refractivity contribution in [1.29, 1.82) is 0 Å². The average Bonchev–Trinajstić information content (AvgIpc) is 2.32. The summed E-state index contributed by atoms with van der Waals surface area (Å²) in [7, 11) is 0. The average molecular weight is 263 g/mol. The third kappa shape index (κ3) is 2.46. The zero-order valence-electron chi connectivity index (χ0n) is 10.6. The summed E-state index contributed by atoms with van der Waals surface area (Å²) in [4.78, 5) is 16.2. The summed E-state index contributed by atoms with van der Waals surface area (Å²) in [6, 6.07) is 7.27. The molecule has 0 atom stereocenters. The topological polar surface area (TPSA) is 42.0 Å². The molecule has 0 fully saturated rings. The number of hydrogen-bond acceptors (Lipinski definition) is 2. The van der Waals surface area contributed by atoms with Gasteiger partial charge in [-0.05, 0) is 24.3 Å². The van der Waals surface area contributed by atoms with Gasteiger partial charge >= 0.3 is 0 Å². The van der Waals surface area contributed by atoms with Gasteiger partial charge in [0, 0.05) is 17.0 Å². The number of aromatic nitrogens is 1. The van der Waals surface area contributed by atoms with Crippen LogP contribution in [0.15, 0.2) is 30.5 Å². The minimum absolute atomic E-state index is 0.0324. The summed E-state index contributed by atoms with van der Waals surface area (Å²) in [6.45, 7) is 5.62. The van der Waals surface area contributed by atoms with Crippen molar-refractivity contribution >= 4 is 34.1 Å². The normalized spacial score (nSPS) is 11.6. The van der Waals surface area contributed by atoms with Gasteiger partial charge in [0.2, 0.25) is 5.91 Å². The Balaban J connectivity index is 2.47. The third-order valence-corrected chi connectivity index (χ3v) is 2.95. The van der Waals surface area contributed by atoms with E-state index in [2.05, 4.69) is 10.3 Å². The van der Waals surface area contributed by atoms with E-state index >= 15 is 0 Å². The Morgan fingerprint density at radius 1 is 1.28 bits per heavy atom. The van der Waals surface area contributed by atoms with Crippen molar-refractivity contribution in [2.24, 2.45) is 5.41 Å². The fourth-order valence-corrected chi connectivity index (χ4v) is 1.77. The van der Waals surface area contributed by atoms with Crippen LogP contribution in [-0.2, 0) is 4.79 Å². The van der Waals surface area contributed by atoms with Gasteiger partial charge in [0.25, 0.3) is 0 Å². The number of anilines is 1. The molecule has 0 bridgehead atoms. The highest BCUT2D eigenvalue weighted by molar-refractivity contribution is 6.35. The summed E-state index contributed by atoms with van der Waals surface area (Å²) < 4.78 is 0. The Kier molecular flexibility index (Phi) is 3.26. The molecular weight excluding hydrogens is 248 g/mol. The molecule has 1 N–H and O–H groups in total. The number of fused-ring (bicyclic) bond motifs is 1. The number of nitrogens with zero attached hydrogens (tertiary/aromatic N) is 1. The molecule has 0 unspecified atom stereocenters. The fraction of sp³-hybridized carbons (Fsp3) is 0.286. The van der Waals surface area contributed by atoms with Crippen LogP contribution in [0, 0.1) is 5.41 Å². The molecule has 1 heterocycles. The smallest absolute Gasteiger partial charge is 0.229 e. The molecule has 18 heavy (non-hydrogen) atoms. The Hall–Kier alpha value is -1.61. The molecule has 1 aromatic carbocycles. The van der Waals surface area contributed by atoms with E-state index in [4.69, 9.17) is 11.6 Å². The summed E-state index contributed by atoms with van der Waals surface area (Å²) in [5.41, 5.74) is 1.00. The molecule has 0 aliphatic rings. The lowest BCUT2D eigenvalue weighted by Gasteiger charge is -2.18. The van der Waals surface area contributed by atoms with E-state index in [1.165, 1.54) is 0 Å². The Bertz CT molecular complexity index is 602. The second kappa shape index (κ2) is 4.58. The number of halogens is 1. The van der Waals surface area contributed by atoms with Crippen molar-refractivity contribution in [2.75, 3.05) is 5.32 Å². The number of benzene rings is 1. The Morgan fingerprint density at radius 2 is 2.00 bits per heavy atom. The number of amides is 1. The predicted octanol–water partition coefficient (Wildman–Crippen LogP) is 3.87. The van der Waals surface area contributed by atoms with E-state index in [1.54, 1.807) is 18.3 Å². The highest BCUT2D eigenvalue weighted by atomic mass is 35.5. The molecular formula is C14H15ClN2O. The molecule has 0 aliphatic heterocycles. The van der Waals surface area contributed by atoms with Crippen molar-refractivity contribution in [1.82, 2.24) is 4.98 Å². The van der Waals surface area contributed by atoms with Crippen molar-refractivity contribution in [3.63, 3.8) is 0 Å². The first-order valence-electron chi connectivity index (χ1n) is 5.74. The number of rotatable bonds is 1. The van der Waals surface area contributed by atoms with Gasteiger partial charge in [0.1, 0.15) is 0 Å². The van der Waals surface area contributed by atoms with Gasteiger partial charge in [-0.25, -0.2) is 0 Å². The Morgan fingerprint density at radius 3 is 2.67 bits per heavy atom. The van der Waals surface area contributed by atoms with Crippen LogP contribution in [0.3, 0.4) is 0 Å². The van der Waals surface area contributed by atoms with Crippen LogP contribution in [0.2, 0.25) is 5.02 Å². The largest absolute Gasteiger partial charge is 0.325 e. The quantitative estimate of drug-likeness (QED) is 0.848. The van der Waals surface area contributed by atoms with Crippen LogP contribution in [0.1, 0.15) is 20.8 Å². The lowest BCUT2D eigenvalue weighted by molar-refractivity contribution is -0.123. The molecule has 0 saturated heterocycles. The molecule has 4 heteroatoms. The first-order valence-corrected chi connectivity index (χ1v) is 6.12. The van der Waals surface area contributed by atoms with Gasteiger partial charge in [-0.15, -0.1) is 0 Å². The minimum atomic E-state index is -0.436. The minimum Gasteiger partial charge on any atom is -0.325 e. The van der Waals surface area contributed by atoms with E-state index in [1.807, 2.05) is 32.9 Å². The number of hydrogen-bond donors (Lipinski definition) is 1. The van der Waals surface area contributed by atoms with Crippen LogP contribution >= 0.6 is 11.6 Å². The molecule has 1 aromatic heterocycles. The van der Waals surface area contributed by atoms with Gasteiger partial charge in [-0.1, -0.05) is 32.4 Å². The highest BCUT2D eigenvalue weighted by Crippen LogP contribution is 2.29. The van der Waals surface area contributed by atoms with E-state index in [0.717, 1.165) is 11.1 Å². The molecule has 0 saturated carbocycles. The lowest BCUT2D eigenvalue weighted by Crippen LogP contribution is -2.27. The van der Waals surface area contributed by atoms with Crippen molar-refractivity contribution in [3.05, 3.63) is 35.5 Å². The zero-order valence-corrected chi connectivity index (χ0v) is 11.4. The first-order chi connectivity index (χ1) is 8.39. The Labute approximate surface area is 111 Å². The molecule has 0 aliphatic carbocycles. The zero-order chi connectivity index (χ0) is 13.3. The third-order valence-electron chi connectivity index (χ3n) is 2.65. The summed E-state index contributed by atoms with van der Waals surface area (Å²) in [5.74, 6) is -0.0324. The van der Waals surface area contributed by atoms with Crippen molar-refractivity contribution in [3.8, 4) is 0 Å². The number of nitrogens with one attached hydrogen (secondary N) is 1. The fourth-order valence-electron chi connectivity index (χ4n) is 1.56. The standard InChI is InChI=1S/C14H15ClN2O/c1-14(2,3)13(18)17-11-7-6-10(15)12-9(11)5-4-8-16-12/h4-8H,1-3H3,(H,17,18). The lowest BCUT2D eigenvalue weighted by atomic mass is 9.95. The van der Waals surface area contributed by atoms with Crippen LogP contribution < -0.4 is 5.32 Å². The predicted molar refractivity (Wildman–Crippen MR) is 74.8 cm³/mol. The summed E-state index contributed by atoms with van der Waals surface area (Å²) in [6.07, 6.45) is 1.68. The molecule has 0 radical (unpaired) electrons. The molecule has 1 amide bonds. The molecule has 94 valence electrons. The highest BCUT2D eigenvalue weighted by Gasteiger charge is 2.21. The van der Waals surface area contributed by atoms with E-state index in [9.17, 15) is 4.79 Å². The van der Waals surface area contributed by atoms with Gasteiger partial charge in [0.05, 0.1) is 16.2 Å². The van der Waals surface area contributed by atoms with Crippen LogP contribution in [-0.4, -0.2) is 10.9 Å². The van der Waals surface area contributed by atoms with Crippen molar-refractivity contribution in [2.45, 2.75) is 20.8 Å². The summed E-state index contributed by atoms with van der Waals surface area (Å²) in [5, 5.41) is 4.35. The van der Waals surface area contributed by atoms with Crippen LogP contribution in [0.25, 0.3) is 10.9 Å². The van der Waals surface area contributed by atoms with Gasteiger partial charge in [0.15, 0.2) is 0 Å². The number of pyridine rings is 1. The van der Waals surface area contributed by atoms with E-state index < -0.39 is 5.41 Å². The van der Waals surface area contributed by atoms with E-state index in [0.29, 0.717) is 10.5 Å². The maximum absolute atomic E-state index is 12.0. The number of carbonyl (C=O) groups is 1. The second-order valence-electron chi connectivity index (χ2n) is 5.20. The second-order valence-corrected chi connectivity index (χ2v) is 5.61. The molecule has 2 rings (SSSR count). The SMILES string of the molecule is CC(C)(C)C(=O)Nc1ccc(Cl)c2ncccc12. The van der Waals surface area contributed by atoms with Crippen LogP contribution in [0.4, 0.5) is 5.69 Å². The van der Waals surface area contributed by atoms with Crippen molar-refractivity contribution < 1.29 is 4.79 Å². The maximum atomic E-state index is 12.0. The molecule has 3 nitrogen and oxygen atoms in total. The van der Waals surface area contributed by atoms with Gasteiger partial charge in [-0.3, -0.25) is 9.78 Å². The maximum Gasteiger partial charge on any atom is 0.229 e. The van der Waals surface area contributed by atoms with Crippen LogP contribution in [0.5, 0.6) is 0 Å². The molecule has 2 aromatic rings.